The second-order valence-electron chi connectivity index (χ2n) is 7.71. The minimum absolute atomic E-state index is 0.165. The van der Waals surface area contributed by atoms with Crippen LogP contribution in [0.5, 0.6) is 0 Å². The maximum Gasteiger partial charge on any atom is 0.261 e. The largest absolute Gasteiger partial charge is 0.325 e. The van der Waals surface area contributed by atoms with Crippen LogP contribution < -0.4 is 16.1 Å². The fourth-order valence-electron chi connectivity index (χ4n) is 3.48. The first kappa shape index (κ1) is 21.9. The molecule has 0 unspecified atom stereocenters. The Bertz CT molecular complexity index is 1450. The fraction of sp³-hybridized carbons (Fsp3) is 0.120. The zero-order chi connectivity index (χ0) is 23.5. The average Bonchev–Trinajstić information content (AvgIpc) is 2.75. The van der Waals surface area contributed by atoms with E-state index in [0.29, 0.717) is 17.0 Å². The van der Waals surface area contributed by atoms with Gasteiger partial charge in [0.2, 0.25) is 11.3 Å². The Morgan fingerprint density at radius 1 is 0.970 bits per heavy atom. The van der Waals surface area contributed by atoms with E-state index in [9.17, 15) is 18.8 Å². The number of nitrogens with zero attached hydrogens (tertiary/aromatic N) is 2. The molecule has 0 aliphatic rings. The van der Waals surface area contributed by atoms with E-state index in [2.05, 4.69) is 15.6 Å². The Kier molecular flexibility index (Phi) is 5.99. The summed E-state index contributed by atoms with van der Waals surface area (Å²) in [6.45, 7) is 3.52. The molecular weight excluding hydrogens is 423 g/mol. The molecule has 4 rings (SSSR count). The lowest BCUT2D eigenvalue weighted by Crippen LogP contribution is -2.27. The summed E-state index contributed by atoms with van der Waals surface area (Å²) >= 11 is 0. The first-order valence-electron chi connectivity index (χ1n) is 10.2. The molecule has 2 aromatic carbocycles. The van der Waals surface area contributed by atoms with Gasteiger partial charge < -0.3 is 15.2 Å². The SMILES string of the molecule is Cc1cccc(NC(=O)Cn2cc(C(=O)Nc3cccc(F)c3)c(=O)c3ccc(C)nc32)c1. The summed E-state index contributed by atoms with van der Waals surface area (Å²) in [5.41, 5.74) is 2.09. The highest BCUT2D eigenvalue weighted by Gasteiger charge is 2.18. The number of carbonyl (C=O) groups is 2. The second-order valence-corrected chi connectivity index (χ2v) is 7.71. The van der Waals surface area contributed by atoms with E-state index in [0.717, 1.165) is 11.6 Å². The van der Waals surface area contributed by atoms with Crippen LogP contribution in [0.2, 0.25) is 0 Å². The molecule has 2 aromatic heterocycles. The Hall–Kier alpha value is -4.33. The quantitative estimate of drug-likeness (QED) is 0.486. The van der Waals surface area contributed by atoms with Crippen LogP contribution >= 0.6 is 0 Å². The van der Waals surface area contributed by atoms with Crippen molar-refractivity contribution in [3.63, 3.8) is 0 Å². The van der Waals surface area contributed by atoms with Crippen LogP contribution in [0, 0.1) is 19.7 Å². The van der Waals surface area contributed by atoms with Crippen LogP contribution in [0.4, 0.5) is 15.8 Å². The lowest BCUT2D eigenvalue weighted by molar-refractivity contribution is -0.116. The summed E-state index contributed by atoms with van der Waals surface area (Å²) in [5.74, 6) is -1.57. The highest BCUT2D eigenvalue weighted by Crippen LogP contribution is 2.15. The molecule has 2 amide bonds. The molecular formula is C25H21FN4O3. The number of anilines is 2. The van der Waals surface area contributed by atoms with E-state index in [1.54, 1.807) is 25.1 Å². The number of fused-ring (bicyclic) bond motifs is 1. The third kappa shape index (κ3) is 4.95. The molecule has 0 saturated heterocycles. The van der Waals surface area contributed by atoms with E-state index in [4.69, 9.17) is 0 Å². The van der Waals surface area contributed by atoms with E-state index < -0.39 is 17.2 Å². The van der Waals surface area contributed by atoms with Gasteiger partial charge in [0.05, 0.1) is 5.39 Å². The highest BCUT2D eigenvalue weighted by molar-refractivity contribution is 6.05. The predicted octanol–water partition coefficient (Wildman–Crippen LogP) is 4.04. The van der Waals surface area contributed by atoms with Gasteiger partial charge in [-0.1, -0.05) is 18.2 Å². The molecule has 33 heavy (non-hydrogen) atoms. The monoisotopic (exact) mass is 444 g/mol. The Morgan fingerprint density at radius 3 is 2.42 bits per heavy atom. The Balaban J connectivity index is 1.71. The van der Waals surface area contributed by atoms with Crippen LogP contribution in [0.3, 0.4) is 0 Å². The molecule has 0 radical (unpaired) electrons. The Labute approximate surface area is 188 Å². The van der Waals surface area contributed by atoms with Gasteiger partial charge in [-0.05, 0) is 61.9 Å². The smallest absolute Gasteiger partial charge is 0.261 e. The van der Waals surface area contributed by atoms with Crippen molar-refractivity contribution in [2.75, 3.05) is 10.6 Å². The van der Waals surface area contributed by atoms with Gasteiger partial charge in [0, 0.05) is 23.3 Å². The van der Waals surface area contributed by atoms with Gasteiger partial charge in [0.1, 0.15) is 23.6 Å². The van der Waals surface area contributed by atoms with Crippen LogP contribution in [-0.4, -0.2) is 21.4 Å². The Morgan fingerprint density at radius 2 is 1.70 bits per heavy atom. The van der Waals surface area contributed by atoms with Crippen molar-refractivity contribution in [2.45, 2.75) is 20.4 Å². The van der Waals surface area contributed by atoms with E-state index >= 15 is 0 Å². The number of aromatic nitrogens is 2. The number of halogens is 1. The van der Waals surface area contributed by atoms with Crippen molar-refractivity contribution < 1.29 is 14.0 Å². The first-order valence-corrected chi connectivity index (χ1v) is 10.2. The normalized spacial score (nSPS) is 10.8. The average molecular weight is 444 g/mol. The number of aryl methyl sites for hydroxylation is 2. The van der Waals surface area contributed by atoms with Gasteiger partial charge in [0.15, 0.2) is 0 Å². The van der Waals surface area contributed by atoms with Gasteiger partial charge in [-0.3, -0.25) is 14.4 Å². The molecule has 0 bridgehead atoms. The van der Waals surface area contributed by atoms with Crippen LogP contribution in [0.1, 0.15) is 21.6 Å². The molecule has 2 heterocycles. The molecule has 0 saturated carbocycles. The molecule has 2 N–H and O–H groups in total. The molecule has 0 fully saturated rings. The standard InChI is InChI=1S/C25H21FN4O3/c1-15-5-3-7-18(11-15)28-22(31)14-30-13-21(23(32)20-10-9-16(2)27-24(20)30)25(33)29-19-8-4-6-17(26)12-19/h3-13H,14H2,1-2H3,(H,28,31)(H,29,33). The zero-order valence-electron chi connectivity index (χ0n) is 18.1. The lowest BCUT2D eigenvalue weighted by atomic mass is 10.1. The van der Waals surface area contributed by atoms with Gasteiger partial charge in [-0.2, -0.15) is 0 Å². The topological polar surface area (TPSA) is 93.1 Å². The summed E-state index contributed by atoms with van der Waals surface area (Å²) < 4.78 is 15.0. The van der Waals surface area contributed by atoms with Crippen LogP contribution in [0.15, 0.2) is 71.7 Å². The third-order valence-electron chi connectivity index (χ3n) is 5.00. The predicted molar refractivity (Wildman–Crippen MR) is 125 cm³/mol. The highest BCUT2D eigenvalue weighted by atomic mass is 19.1. The number of benzene rings is 2. The van der Waals surface area contributed by atoms with Crippen LogP contribution in [-0.2, 0) is 11.3 Å². The van der Waals surface area contributed by atoms with Crippen molar-refractivity contribution in [3.8, 4) is 0 Å². The van der Waals surface area contributed by atoms with Crippen molar-refractivity contribution in [1.29, 1.82) is 0 Å². The van der Waals surface area contributed by atoms with Gasteiger partial charge >= 0.3 is 0 Å². The van der Waals surface area contributed by atoms with Gasteiger partial charge in [-0.25, -0.2) is 9.37 Å². The number of hydrogen-bond acceptors (Lipinski definition) is 4. The summed E-state index contributed by atoms with van der Waals surface area (Å²) in [5, 5.41) is 5.55. The van der Waals surface area contributed by atoms with Crippen molar-refractivity contribution in [3.05, 3.63) is 99.7 Å². The van der Waals surface area contributed by atoms with E-state index in [1.807, 2.05) is 25.1 Å². The molecule has 4 aromatic rings. The fourth-order valence-corrected chi connectivity index (χ4v) is 3.48. The molecule has 0 aliphatic heterocycles. The van der Waals surface area contributed by atoms with E-state index in [-0.39, 0.29) is 29.1 Å². The van der Waals surface area contributed by atoms with Crippen LogP contribution in [0.25, 0.3) is 11.0 Å². The number of nitrogens with one attached hydrogen (secondary N) is 2. The molecule has 0 atom stereocenters. The number of amides is 2. The third-order valence-corrected chi connectivity index (χ3v) is 5.00. The molecule has 0 aliphatic carbocycles. The molecule has 0 spiro atoms. The summed E-state index contributed by atoms with van der Waals surface area (Å²) in [4.78, 5) is 43.0. The number of hydrogen-bond donors (Lipinski definition) is 2. The maximum atomic E-state index is 13.5. The van der Waals surface area contributed by atoms with Crippen molar-refractivity contribution >= 4 is 34.2 Å². The minimum Gasteiger partial charge on any atom is -0.325 e. The first-order chi connectivity index (χ1) is 15.8. The van der Waals surface area contributed by atoms with Gasteiger partial charge in [0.25, 0.3) is 5.91 Å². The van der Waals surface area contributed by atoms with Gasteiger partial charge in [-0.15, -0.1) is 0 Å². The summed E-state index contributed by atoms with van der Waals surface area (Å²) in [6.07, 6.45) is 1.31. The minimum atomic E-state index is -0.707. The number of pyridine rings is 2. The van der Waals surface area contributed by atoms with Crippen molar-refractivity contribution in [2.24, 2.45) is 0 Å². The summed E-state index contributed by atoms with van der Waals surface area (Å²) in [6, 6.07) is 16.0. The zero-order valence-corrected chi connectivity index (χ0v) is 18.1. The second kappa shape index (κ2) is 9.04. The number of carbonyl (C=O) groups excluding carboxylic acids is 2. The van der Waals surface area contributed by atoms with Crippen molar-refractivity contribution in [1.82, 2.24) is 9.55 Å². The maximum absolute atomic E-state index is 13.5. The lowest BCUT2D eigenvalue weighted by Gasteiger charge is -2.14. The molecule has 7 nitrogen and oxygen atoms in total. The molecule has 166 valence electrons. The van der Waals surface area contributed by atoms with E-state index in [1.165, 1.54) is 29.0 Å². The molecule has 8 heteroatoms. The summed E-state index contributed by atoms with van der Waals surface area (Å²) in [7, 11) is 0. The number of rotatable bonds is 5.